The van der Waals surface area contributed by atoms with Gasteiger partial charge in [0.2, 0.25) is 5.43 Å². The molecule has 0 unspecified atom stereocenters. The average Bonchev–Trinajstić information content (AvgIpc) is 1.94. The molecule has 1 rings (SSSR count). The van der Waals surface area contributed by atoms with Gasteiger partial charge in [0.1, 0.15) is 0 Å². The summed E-state index contributed by atoms with van der Waals surface area (Å²) in [5, 5.41) is 0. The molecule has 6 heavy (non-hydrogen) atoms. The fraction of sp³-hybridized carbons (Fsp3) is 0. The Morgan fingerprint density at radius 3 is 1.33 bits per heavy atom. The Kier molecular flexibility index (Phi) is 1.19. The highest BCUT2D eigenvalue weighted by Gasteiger charge is 2.13. The Bertz CT molecular complexity index is 155. The van der Waals surface area contributed by atoms with Crippen LogP contribution >= 0.6 is 45.2 Å². The number of rotatable bonds is 0. The van der Waals surface area contributed by atoms with E-state index in [9.17, 15) is 4.79 Å². The van der Waals surface area contributed by atoms with Crippen molar-refractivity contribution in [1.82, 2.24) is 0 Å². The fourth-order valence-electron chi connectivity index (χ4n) is 0.129. The molecule has 0 amide bonds. The summed E-state index contributed by atoms with van der Waals surface area (Å²) in [6.45, 7) is 0. The van der Waals surface area contributed by atoms with Crippen LogP contribution in [-0.2, 0) is 0 Å². The van der Waals surface area contributed by atoms with Gasteiger partial charge in [0.05, 0.1) is 7.14 Å². The third-order valence-electron chi connectivity index (χ3n) is 0.529. The van der Waals surface area contributed by atoms with Crippen molar-refractivity contribution in [3.05, 3.63) is 17.4 Å². The molecule has 0 aromatic heterocycles. The van der Waals surface area contributed by atoms with Crippen molar-refractivity contribution in [2.24, 2.45) is 0 Å². The molecule has 0 saturated heterocycles. The first-order valence-corrected chi connectivity index (χ1v) is 3.49. The van der Waals surface area contributed by atoms with Gasteiger partial charge in [0.25, 0.3) is 0 Å². The summed E-state index contributed by atoms with van der Waals surface area (Å²) in [5.41, 5.74) is 0.233. The van der Waals surface area contributed by atoms with Crippen molar-refractivity contribution in [1.29, 1.82) is 0 Å². The second kappa shape index (κ2) is 1.43. The van der Waals surface area contributed by atoms with E-state index in [-0.39, 0.29) is 5.43 Å². The van der Waals surface area contributed by atoms with Crippen molar-refractivity contribution in [2.45, 2.75) is 0 Å². The summed E-state index contributed by atoms with van der Waals surface area (Å²) < 4.78 is 1.82. The second-order valence-electron chi connectivity index (χ2n) is 0.957. The van der Waals surface area contributed by atoms with Gasteiger partial charge in [-0.3, -0.25) is 4.79 Å². The first kappa shape index (κ1) is 5.02. The lowest BCUT2D eigenvalue weighted by atomic mass is 11.1. The lowest BCUT2D eigenvalue weighted by Gasteiger charge is -1.45. The lowest BCUT2D eigenvalue weighted by Crippen LogP contribution is -1.71. The topological polar surface area (TPSA) is 17.1 Å². The molecule has 1 aromatic rings. The molecule has 0 aliphatic carbocycles. The second-order valence-corrected chi connectivity index (χ2v) is 3.11. The molecule has 0 aliphatic rings. The Morgan fingerprint density at radius 1 is 1.17 bits per heavy atom. The normalized spacial score (nSPS) is 10.3. The molecular formula is C3I2O. The number of halogens is 2. The van der Waals surface area contributed by atoms with E-state index < -0.39 is 0 Å². The summed E-state index contributed by atoms with van der Waals surface area (Å²) in [4.78, 5) is 10.1. The Hall–Kier alpha value is 0.870. The van der Waals surface area contributed by atoms with Gasteiger partial charge < -0.3 is 0 Å². The highest BCUT2D eigenvalue weighted by Crippen LogP contribution is 2.12. The predicted octanol–water partition coefficient (Wildman–Crippen LogP) is 1.13. The zero-order valence-corrected chi connectivity index (χ0v) is 6.98. The summed E-state index contributed by atoms with van der Waals surface area (Å²) in [5.74, 6) is 0. The van der Waals surface area contributed by atoms with Gasteiger partial charge in [-0.25, -0.2) is 0 Å². The van der Waals surface area contributed by atoms with Crippen molar-refractivity contribution in [3.8, 4) is 0 Å². The van der Waals surface area contributed by atoms with Crippen molar-refractivity contribution in [2.75, 3.05) is 0 Å². The van der Waals surface area contributed by atoms with E-state index >= 15 is 0 Å². The summed E-state index contributed by atoms with van der Waals surface area (Å²) in [6, 6.07) is 0. The first-order chi connectivity index (χ1) is 2.73. The quantitative estimate of drug-likeness (QED) is 0.657. The minimum atomic E-state index is 0.233. The largest absolute Gasteiger partial charge is 0.287 e. The van der Waals surface area contributed by atoms with E-state index in [0.717, 1.165) is 7.14 Å². The van der Waals surface area contributed by atoms with Gasteiger partial charge in [-0.05, 0) is 45.2 Å². The minimum Gasteiger partial charge on any atom is -0.287 e. The van der Waals surface area contributed by atoms with Gasteiger partial charge in [-0.2, -0.15) is 0 Å². The van der Waals surface area contributed by atoms with Crippen LogP contribution in [0, 0.1) is 7.14 Å². The van der Waals surface area contributed by atoms with Gasteiger partial charge in [-0.15, -0.1) is 0 Å². The third kappa shape index (κ3) is 0.617. The van der Waals surface area contributed by atoms with E-state index in [0.29, 0.717) is 0 Å². The van der Waals surface area contributed by atoms with Gasteiger partial charge in [-0.1, -0.05) is 0 Å². The van der Waals surface area contributed by atoms with Crippen LogP contribution < -0.4 is 5.43 Å². The molecule has 0 heterocycles. The van der Waals surface area contributed by atoms with Crippen LogP contribution in [0.4, 0.5) is 0 Å². The van der Waals surface area contributed by atoms with Crippen LogP contribution in [-0.4, -0.2) is 0 Å². The molecule has 1 nitrogen and oxygen atoms in total. The highest BCUT2D eigenvalue weighted by atomic mass is 127. The molecule has 0 bridgehead atoms. The average molecular weight is 306 g/mol. The molecule has 32 valence electrons. The fourth-order valence-corrected chi connectivity index (χ4v) is 1.40. The monoisotopic (exact) mass is 306 g/mol. The molecule has 0 atom stereocenters. The van der Waals surface area contributed by atoms with E-state index in [2.05, 4.69) is 0 Å². The maximum absolute atomic E-state index is 10.1. The maximum Gasteiger partial charge on any atom is 0.207 e. The molecule has 0 N–H and O–H groups in total. The maximum atomic E-state index is 10.1. The van der Waals surface area contributed by atoms with Crippen LogP contribution in [0.15, 0.2) is 4.79 Å². The molecule has 1 aromatic carbocycles. The molecular weight excluding hydrogens is 306 g/mol. The van der Waals surface area contributed by atoms with Crippen molar-refractivity contribution in [3.63, 3.8) is 0 Å². The van der Waals surface area contributed by atoms with Crippen LogP contribution in [0.2, 0.25) is 0 Å². The molecule has 0 saturated carbocycles. The van der Waals surface area contributed by atoms with E-state index in [1.807, 2.05) is 45.2 Å². The van der Waals surface area contributed by atoms with Crippen molar-refractivity contribution >= 4 is 45.2 Å². The Morgan fingerprint density at radius 2 is 1.33 bits per heavy atom. The van der Waals surface area contributed by atoms with E-state index in [1.54, 1.807) is 0 Å². The first-order valence-electron chi connectivity index (χ1n) is 1.33. The molecule has 0 spiro atoms. The summed E-state index contributed by atoms with van der Waals surface area (Å²) >= 11 is 4.06. The predicted molar refractivity (Wildman–Crippen MR) is 40.5 cm³/mol. The van der Waals surface area contributed by atoms with Crippen LogP contribution in [0.3, 0.4) is 0 Å². The van der Waals surface area contributed by atoms with Crippen LogP contribution in [0.25, 0.3) is 0 Å². The number of hydrogen-bond acceptors (Lipinski definition) is 1. The smallest absolute Gasteiger partial charge is 0.207 e. The zero-order chi connectivity index (χ0) is 4.73. The number of hydrogen-bond donors (Lipinski definition) is 0. The standard InChI is InChI=1S/C3I2O/c4-1-2(5)3(1)6. The molecule has 0 fully saturated rings. The molecule has 0 radical (unpaired) electrons. The van der Waals surface area contributed by atoms with Gasteiger partial charge >= 0.3 is 0 Å². The SMILES string of the molecule is O=c1c(I)c1I. The zero-order valence-electron chi connectivity index (χ0n) is 2.66. The summed E-state index contributed by atoms with van der Waals surface area (Å²) in [7, 11) is 0. The minimum absolute atomic E-state index is 0.233. The van der Waals surface area contributed by atoms with Gasteiger partial charge in [0, 0.05) is 0 Å². The Labute approximate surface area is 62.1 Å². The van der Waals surface area contributed by atoms with Gasteiger partial charge in [0.15, 0.2) is 0 Å². The van der Waals surface area contributed by atoms with Crippen LogP contribution in [0.1, 0.15) is 0 Å². The molecule has 3 heteroatoms. The summed E-state index contributed by atoms with van der Waals surface area (Å²) in [6.07, 6.45) is 0. The van der Waals surface area contributed by atoms with E-state index in [1.165, 1.54) is 0 Å². The highest BCUT2D eigenvalue weighted by molar-refractivity contribution is 14.1. The van der Waals surface area contributed by atoms with Crippen molar-refractivity contribution < 1.29 is 0 Å². The third-order valence-corrected chi connectivity index (χ3v) is 3.62. The Balaban J connectivity index is 3.11. The lowest BCUT2D eigenvalue weighted by molar-refractivity contribution is 1.98. The molecule has 0 aliphatic heterocycles. The van der Waals surface area contributed by atoms with E-state index in [4.69, 9.17) is 0 Å². The van der Waals surface area contributed by atoms with Crippen LogP contribution in [0.5, 0.6) is 0 Å².